The van der Waals surface area contributed by atoms with Crippen molar-refractivity contribution < 1.29 is 18.7 Å². The monoisotopic (exact) mass is 450 g/mol. The smallest absolute Gasteiger partial charge is 0.247 e. The molecule has 2 aliphatic rings. The van der Waals surface area contributed by atoms with E-state index in [-0.39, 0.29) is 24.7 Å². The first kappa shape index (κ1) is 22.9. The van der Waals surface area contributed by atoms with Crippen LogP contribution in [0.2, 0.25) is 0 Å². The molecule has 0 radical (unpaired) electrons. The van der Waals surface area contributed by atoms with E-state index in [2.05, 4.69) is 6.07 Å². The van der Waals surface area contributed by atoms with E-state index >= 15 is 4.39 Å². The molecule has 172 valence electrons. The van der Waals surface area contributed by atoms with Crippen LogP contribution in [-0.4, -0.2) is 55.1 Å². The van der Waals surface area contributed by atoms with Gasteiger partial charge in [0.2, 0.25) is 11.8 Å². The van der Waals surface area contributed by atoms with E-state index in [1.165, 1.54) is 6.07 Å². The minimum absolute atomic E-state index is 0.0158. The van der Waals surface area contributed by atoms with E-state index in [4.69, 9.17) is 10.5 Å². The Morgan fingerprint density at radius 2 is 2.00 bits per heavy atom. The van der Waals surface area contributed by atoms with Gasteiger partial charge in [-0.15, -0.1) is 0 Å². The highest BCUT2D eigenvalue weighted by Gasteiger charge is 2.28. The SMILES string of the molecule is CC(=O)N1CCc2cc(-c3ccc(C[C@@H](C#N)N4CCCO[C@H](C(N)=O)C4)c(F)c3)ccc21. The molecule has 0 spiro atoms. The maximum Gasteiger partial charge on any atom is 0.247 e. The van der Waals surface area contributed by atoms with Gasteiger partial charge in [-0.1, -0.05) is 18.2 Å². The summed E-state index contributed by atoms with van der Waals surface area (Å²) >= 11 is 0. The van der Waals surface area contributed by atoms with Gasteiger partial charge in [0.1, 0.15) is 18.0 Å². The minimum Gasteiger partial charge on any atom is -0.367 e. The lowest BCUT2D eigenvalue weighted by atomic mass is 9.98. The zero-order chi connectivity index (χ0) is 23.5. The number of nitrogens with two attached hydrogens (primary N) is 1. The molecule has 0 aliphatic carbocycles. The molecule has 1 fully saturated rings. The molecule has 7 nitrogen and oxygen atoms in total. The van der Waals surface area contributed by atoms with Crippen LogP contribution in [0.4, 0.5) is 10.1 Å². The molecule has 2 atom stereocenters. The van der Waals surface area contributed by atoms with Crippen molar-refractivity contribution in [3.63, 3.8) is 0 Å². The van der Waals surface area contributed by atoms with Gasteiger partial charge >= 0.3 is 0 Å². The topological polar surface area (TPSA) is 99.7 Å². The number of halogens is 1. The van der Waals surface area contributed by atoms with Gasteiger partial charge in [-0.25, -0.2) is 4.39 Å². The van der Waals surface area contributed by atoms with Crippen LogP contribution >= 0.6 is 0 Å². The molecule has 0 aromatic heterocycles. The number of benzene rings is 2. The zero-order valence-electron chi connectivity index (χ0n) is 18.6. The number of fused-ring (bicyclic) bond motifs is 1. The van der Waals surface area contributed by atoms with Gasteiger partial charge in [0.05, 0.1) is 6.07 Å². The summed E-state index contributed by atoms with van der Waals surface area (Å²) in [5.74, 6) is -0.923. The maximum atomic E-state index is 15.0. The standard InChI is InChI=1S/C25H27FN4O3/c1-16(31)30-9-7-20-11-17(5-6-23(20)30)18-3-4-19(22(26)13-18)12-21(14-27)29-8-2-10-33-24(15-29)25(28)32/h3-6,11,13,21,24H,2,7-10,12,15H2,1H3,(H2,28,32)/t21-,24-/m0/s1. The highest BCUT2D eigenvalue weighted by molar-refractivity contribution is 5.94. The van der Waals surface area contributed by atoms with Crippen LogP contribution in [0.15, 0.2) is 36.4 Å². The Morgan fingerprint density at radius 1 is 1.24 bits per heavy atom. The number of carbonyl (C=O) groups is 2. The van der Waals surface area contributed by atoms with Crippen molar-refractivity contribution in [3.05, 3.63) is 53.3 Å². The van der Waals surface area contributed by atoms with Crippen molar-refractivity contribution in [2.45, 2.75) is 38.3 Å². The number of rotatable bonds is 5. The molecule has 8 heteroatoms. The summed E-state index contributed by atoms with van der Waals surface area (Å²) in [6.07, 6.45) is 0.877. The van der Waals surface area contributed by atoms with Crippen LogP contribution in [0.1, 0.15) is 24.5 Å². The molecule has 2 aromatic rings. The van der Waals surface area contributed by atoms with Crippen LogP contribution in [0, 0.1) is 17.1 Å². The summed E-state index contributed by atoms with van der Waals surface area (Å²) in [6, 6.07) is 12.5. The normalized spacial score (nSPS) is 19.4. The molecule has 2 heterocycles. The number of carbonyl (C=O) groups excluding carboxylic acids is 2. The second-order valence-corrected chi connectivity index (χ2v) is 8.53. The summed E-state index contributed by atoms with van der Waals surface area (Å²) in [5, 5.41) is 9.73. The van der Waals surface area contributed by atoms with Gasteiger partial charge in [0.25, 0.3) is 0 Å². The van der Waals surface area contributed by atoms with E-state index in [9.17, 15) is 14.9 Å². The van der Waals surface area contributed by atoms with Crippen molar-refractivity contribution in [2.75, 3.05) is 31.1 Å². The Balaban J connectivity index is 1.51. The molecule has 1 saturated heterocycles. The largest absolute Gasteiger partial charge is 0.367 e. The molecule has 4 rings (SSSR count). The van der Waals surface area contributed by atoms with Gasteiger partial charge in [-0.3, -0.25) is 14.5 Å². The van der Waals surface area contributed by atoms with E-state index in [1.54, 1.807) is 17.9 Å². The number of hydrogen-bond acceptors (Lipinski definition) is 5. The molecule has 33 heavy (non-hydrogen) atoms. The molecule has 0 unspecified atom stereocenters. The number of nitrogens with zero attached hydrogens (tertiary/aromatic N) is 3. The number of hydrogen-bond donors (Lipinski definition) is 1. The number of amides is 2. The first-order valence-electron chi connectivity index (χ1n) is 11.1. The summed E-state index contributed by atoms with van der Waals surface area (Å²) in [4.78, 5) is 26.9. The predicted molar refractivity (Wildman–Crippen MR) is 122 cm³/mol. The van der Waals surface area contributed by atoms with Gasteiger partial charge < -0.3 is 15.4 Å². The third-order valence-electron chi connectivity index (χ3n) is 6.37. The summed E-state index contributed by atoms with van der Waals surface area (Å²) in [7, 11) is 0. The lowest BCUT2D eigenvalue weighted by Crippen LogP contribution is -2.45. The van der Waals surface area contributed by atoms with Crippen LogP contribution in [0.3, 0.4) is 0 Å². The quantitative estimate of drug-likeness (QED) is 0.754. The van der Waals surface area contributed by atoms with E-state index < -0.39 is 18.1 Å². The van der Waals surface area contributed by atoms with Crippen molar-refractivity contribution in [1.29, 1.82) is 5.26 Å². The average molecular weight is 451 g/mol. The van der Waals surface area contributed by atoms with Crippen molar-refractivity contribution in [2.24, 2.45) is 5.73 Å². The third kappa shape index (κ3) is 4.90. The molecule has 0 saturated carbocycles. The van der Waals surface area contributed by atoms with Gasteiger partial charge in [0.15, 0.2) is 0 Å². The second-order valence-electron chi connectivity index (χ2n) is 8.53. The van der Waals surface area contributed by atoms with E-state index in [0.29, 0.717) is 31.7 Å². The van der Waals surface area contributed by atoms with Gasteiger partial charge in [-0.05, 0) is 53.3 Å². The number of anilines is 1. The minimum atomic E-state index is -0.769. The van der Waals surface area contributed by atoms with Crippen LogP contribution in [0.5, 0.6) is 0 Å². The highest BCUT2D eigenvalue weighted by atomic mass is 19.1. The lowest BCUT2D eigenvalue weighted by Gasteiger charge is -2.27. The number of nitriles is 1. The first-order chi connectivity index (χ1) is 15.9. The fourth-order valence-electron chi connectivity index (χ4n) is 4.57. The summed E-state index contributed by atoms with van der Waals surface area (Å²) < 4.78 is 20.5. The van der Waals surface area contributed by atoms with Gasteiger partial charge in [0, 0.05) is 45.3 Å². The third-order valence-corrected chi connectivity index (χ3v) is 6.37. The Hall–Kier alpha value is -3.28. The molecule has 0 bridgehead atoms. The van der Waals surface area contributed by atoms with E-state index in [0.717, 1.165) is 28.8 Å². The molecule has 2 amide bonds. The van der Waals surface area contributed by atoms with Crippen LogP contribution < -0.4 is 10.6 Å². The highest BCUT2D eigenvalue weighted by Crippen LogP contribution is 2.33. The Morgan fingerprint density at radius 3 is 2.70 bits per heavy atom. The Bertz CT molecular complexity index is 1110. The molecule has 2 N–H and O–H groups in total. The van der Waals surface area contributed by atoms with Crippen LogP contribution in [-0.2, 0) is 27.2 Å². The van der Waals surface area contributed by atoms with Crippen molar-refractivity contribution in [1.82, 2.24) is 4.90 Å². The lowest BCUT2D eigenvalue weighted by molar-refractivity contribution is -0.129. The summed E-state index contributed by atoms with van der Waals surface area (Å²) in [5.41, 5.74) is 9.44. The average Bonchev–Trinajstić information content (AvgIpc) is 3.06. The second kappa shape index (κ2) is 9.69. The number of primary amides is 1. The molecule has 2 aliphatic heterocycles. The van der Waals surface area contributed by atoms with Crippen molar-refractivity contribution >= 4 is 17.5 Å². The fourth-order valence-corrected chi connectivity index (χ4v) is 4.57. The van der Waals surface area contributed by atoms with E-state index in [1.807, 2.05) is 29.2 Å². The fraction of sp³-hybridized carbons (Fsp3) is 0.400. The number of ether oxygens (including phenoxy) is 1. The molecular weight excluding hydrogens is 423 g/mol. The van der Waals surface area contributed by atoms with Gasteiger partial charge in [-0.2, -0.15) is 5.26 Å². The summed E-state index contributed by atoms with van der Waals surface area (Å²) in [6.45, 7) is 3.41. The first-order valence-corrected chi connectivity index (χ1v) is 11.1. The Kier molecular flexibility index (Phi) is 6.72. The zero-order valence-corrected chi connectivity index (χ0v) is 18.6. The maximum absolute atomic E-state index is 15.0. The Labute approximate surface area is 192 Å². The molecule has 2 aromatic carbocycles. The molecular formula is C25H27FN4O3. The van der Waals surface area contributed by atoms with Crippen molar-refractivity contribution in [3.8, 4) is 17.2 Å². The van der Waals surface area contributed by atoms with Crippen LogP contribution in [0.25, 0.3) is 11.1 Å². The predicted octanol–water partition coefficient (Wildman–Crippen LogP) is 2.41.